The van der Waals surface area contributed by atoms with E-state index in [0.717, 1.165) is 51.4 Å². The third kappa shape index (κ3) is 42.6. The van der Waals surface area contributed by atoms with Gasteiger partial charge in [-0.3, -0.25) is 9.36 Å². The molecule has 0 aliphatic rings. The van der Waals surface area contributed by atoms with Crippen LogP contribution in [0, 0.1) is 0 Å². The molecule has 0 rings (SSSR count). The number of rotatable bonds is 43. The van der Waals surface area contributed by atoms with Crippen LogP contribution in [0.1, 0.15) is 213 Å². The van der Waals surface area contributed by atoms with Gasteiger partial charge >= 0.3 is 0 Å². The number of unbranched alkanes of at least 4 members (excludes halogenated alkanes) is 26. The second-order valence-electron chi connectivity index (χ2n) is 17.5. The van der Waals surface area contributed by atoms with Crippen molar-refractivity contribution in [1.82, 2.24) is 5.32 Å². The van der Waals surface area contributed by atoms with Gasteiger partial charge in [0.05, 0.1) is 39.9 Å². The highest BCUT2D eigenvalue weighted by Gasteiger charge is 2.23. The molecule has 2 N–H and O–H groups in total. The summed E-state index contributed by atoms with van der Waals surface area (Å²) in [6, 6.07) is -0.905. The van der Waals surface area contributed by atoms with Gasteiger partial charge in [-0.2, -0.15) is 0 Å². The number of likely N-dealkylation sites (N-methyl/N-ethyl adjacent to an activating group) is 1. The van der Waals surface area contributed by atoms with Gasteiger partial charge in [0.1, 0.15) is 13.2 Å². The Labute approximate surface area is 353 Å². The Bertz CT molecular complexity index is 1030. The van der Waals surface area contributed by atoms with Crippen molar-refractivity contribution in [2.24, 2.45) is 0 Å². The number of nitrogens with one attached hydrogen (secondary N) is 1. The number of hydrogen-bond acceptors (Lipinski definition) is 6. The van der Waals surface area contributed by atoms with E-state index in [1.54, 1.807) is 6.08 Å². The summed E-state index contributed by atoms with van der Waals surface area (Å²) in [4.78, 5) is 25.3. The Balaban J connectivity index is 4.25. The van der Waals surface area contributed by atoms with Gasteiger partial charge < -0.3 is 28.8 Å². The highest BCUT2D eigenvalue weighted by molar-refractivity contribution is 7.45. The van der Waals surface area contributed by atoms with E-state index in [-0.39, 0.29) is 12.5 Å². The quantitative estimate of drug-likeness (QED) is 0.0274. The number of allylic oxidation sites excluding steroid dienone is 5. The van der Waals surface area contributed by atoms with E-state index in [1.807, 2.05) is 27.2 Å². The summed E-state index contributed by atoms with van der Waals surface area (Å²) >= 11 is 0. The van der Waals surface area contributed by atoms with Crippen LogP contribution in [0.5, 0.6) is 0 Å². The molecule has 336 valence electrons. The largest absolute Gasteiger partial charge is 0.756 e. The molecule has 9 heteroatoms. The topological polar surface area (TPSA) is 108 Å². The van der Waals surface area contributed by atoms with Crippen molar-refractivity contribution in [3.8, 4) is 0 Å². The number of hydrogen-bond donors (Lipinski definition) is 2. The molecule has 8 nitrogen and oxygen atoms in total. The number of nitrogens with zero attached hydrogens (tertiary/aromatic N) is 1. The van der Waals surface area contributed by atoms with Crippen molar-refractivity contribution < 1.29 is 32.9 Å². The normalized spacial score (nSPS) is 14.6. The van der Waals surface area contributed by atoms with Crippen LogP contribution < -0.4 is 10.2 Å². The molecule has 0 aromatic heterocycles. The molecule has 0 aromatic rings. The molecule has 0 bridgehead atoms. The van der Waals surface area contributed by atoms with E-state index in [2.05, 4.69) is 43.5 Å². The SMILES string of the molecule is CCCC/C=C/CC/C=C/CC/C=C/C(O)C(COP(=O)([O-])OCC[N+](C)(C)C)NC(=O)CCCCCCCCCCCCCCCCCCCCCCCCC. The lowest BCUT2D eigenvalue weighted by atomic mass is 10.0. The average Bonchev–Trinajstić information content (AvgIpc) is 3.16. The minimum absolute atomic E-state index is 0.00798. The Morgan fingerprint density at radius 1 is 0.596 bits per heavy atom. The first-order valence-corrected chi connectivity index (χ1v) is 25.3. The third-order valence-corrected chi connectivity index (χ3v) is 11.5. The number of carbonyl (C=O) groups is 1. The standard InChI is InChI=1S/C48H93N2O6P/c1-6-8-10-12-14-16-18-20-21-22-23-24-25-26-27-28-29-30-32-34-36-38-40-42-48(52)49-46(45-56-57(53,54)55-44-43-50(3,4)5)47(51)41-39-37-35-33-31-19-17-15-13-11-9-7-2/h13,15,31,33,39,41,46-47,51H,6-12,14,16-30,32,34-38,40,42-45H2,1-5H3,(H-,49,52,53,54)/b15-13+,33-31+,41-39+. The number of aliphatic hydroxyl groups excluding tert-OH is 1. The summed E-state index contributed by atoms with van der Waals surface area (Å²) in [6.45, 7) is 4.58. The zero-order valence-corrected chi connectivity index (χ0v) is 38.9. The van der Waals surface area contributed by atoms with Crippen molar-refractivity contribution >= 4 is 13.7 Å². The second-order valence-corrected chi connectivity index (χ2v) is 18.9. The highest BCUT2D eigenvalue weighted by Crippen LogP contribution is 2.38. The monoisotopic (exact) mass is 825 g/mol. The molecule has 0 heterocycles. The van der Waals surface area contributed by atoms with Gasteiger partial charge in [0.2, 0.25) is 5.91 Å². The molecule has 0 aromatic carbocycles. The number of amides is 1. The maximum atomic E-state index is 12.9. The molecule has 0 spiro atoms. The molecule has 0 fully saturated rings. The Morgan fingerprint density at radius 3 is 1.40 bits per heavy atom. The fraction of sp³-hybridized carbons (Fsp3) is 0.854. The highest BCUT2D eigenvalue weighted by atomic mass is 31.2. The van der Waals surface area contributed by atoms with E-state index in [0.29, 0.717) is 17.4 Å². The lowest BCUT2D eigenvalue weighted by Gasteiger charge is -2.29. The fourth-order valence-electron chi connectivity index (χ4n) is 6.76. The fourth-order valence-corrected chi connectivity index (χ4v) is 7.48. The van der Waals surface area contributed by atoms with E-state index in [1.165, 1.54) is 141 Å². The van der Waals surface area contributed by atoms with Crippen LogP contribution in [0.3, 0.4) is 0 Å². The third-order valence-electron chi connectivity index (χ3n) is 10.6. The van der Waals surface area contributed by atoms with Gasteiger partial charge in [-0.1, -0.05) is 204 Å². The average molecular weight is 825 g/mol. The predicted octanol–water partition coefficient (Wildman–Crippen LogP) is 12.8. The Kier molecular flexibility index (Phi) is 39.2. The van der Waals surface area contributed by atoms with Crippen LogP contribution in [0.4, 0.5) is 0 Å². The van der Waals surface area contributed by atoms with Crippen LogP contribution in [0.2, 0.25) is 0 Å². The summed E-state index contributed by atoms with van der Waals surface area (Å²) in [5.74, 6) is -0.210. The lowest BCUT2D eigenvalue weighted by Crippen LogP contribution is -2.45. The molecule has 0 saturated carbocycles. The van der Waals surface area contributed by atoms with Crippen LogP contribution in [0.15, 0.2) is 36.5 Å². The Hall–Kier alpha value is -1.28. The Morgan fingerprint density at radius 2 is 0.982 bits per heavy atom. The van der Waals surface area contributed by atoms with E-state index >= 15 is 0 Å². The van der Waals surface area contributed by atoms with Gasteiger partial charge in [-0.05, 0) is 38.5 Å². The van der Waals surface area contributed by atoms with Crippen molar-refractivity contribution in [2.45, 2.75) is 225 Å². The molecule has 3 atom stereocenters. The molecule has 57 heavy (non-hydrogen) atoms. The van der Waals surface area contributed by atoms with Crippen molar-refractivity contribution in [3.05, 3.63) is 36.5 Å². The van der Waals surface area contributed by atoms with Gasteiger partial charge in [0.25, 0.3) is 7.82 Å². The first kappa shape index (κ1) is 55.7. The molecular formula is C48H93N2O6P. The predicted molar refractivity (Wildman–Crippen MR) is 242 cm³/mol. The summed E-state index contributed by atoms with van der Waals surface area (Å²) < 4.78 is 23.2. The first-order chi connectivity index (χ1) is 27.5. The molecule has 0 radical (unpaired) electrons. The number of phosphoric ester groups is 1. The zero-order chi connectivity index (χ0) is 42.1. The molecule has 3 unspecified atom stereocenters. The second kappa shape index (κ2) is 40.1. The summed E-state index contributed by atoms with van der Waals surface area (Å²) in [5, 5.41) is 13.7. The van der Waals surface area contributed by atoms with Crippen LogP contribution in [-0.4, -0.2) is 68.5 Å². The maximum Gasteiger partial charge on any atom is 0.268 e. The minimum Gasteiger partial charge on any atom is -0.756 e. The van der Waals surface area contributed by atoms with Gasteiger partial charge in [0, 0.05) is 6.42 Å². The number of carbonyl (C=O) groups excluding carboxylic acids is 1. The number of phosphoric acid groups is 1. The smallest absolute Gasteiger partial charge is 0.268 e. The van der Waals surface area contributed by atoms with Crippen LogP contribution in [-0.2, 0) is 18.4 Å². The van der Waals surface area contributed by atoms with Crippen LogP contribution in [0.25, 0.3) is 0 Å². The summed E-state index contributed by atoms with van der Waals surface area (Å²) in [5.41, 5.74) is 0. The molecule has 1 amide bonds. The molecule has 0 saturated heterocycles. The number of aliphatic hydroxyl groups is 1. The zero-order valence-electron chi connectivity index (χ0n) is 38.0. The van der Waals surface area contributed by atoms with Gasteiger partial charge in [-0.25, -0.2) is 0 Å². The molecular weight excluding hydrogens is 732 g/mol. The maximum absolute atomic E-state index is 12.9. The number of quaternary nitrogens is 1. The van der Waals surface area contributed by atoms with Gasteiger partial charge in [0.15, 0.2) is 0 Å². The van der Waals surface area contributed by atoms with E-state index < -0.39 is 26.6 Å². The van der Waals surface area contributed by atoms with Crippen molar-refractivity contribution in [1.29, 1.82) is 0 Å². The van der Waals surface area contributed by atoms with E-state index in [4.69, 9.17) is 9.05 Å². The summed E-state index contributed by atoms with van der Waals surface area (Å²) in [6.07, 6.45) is 49.2. The van der Waals surface area contributed by atoms with Crippen molar-refractivity contribution in [3.63, 3.8) is 0 Å². The van der Waals surface area contributed by atoms with E-state index in [9.17, 15) is 19.4 Å². The van der Waals surface area contributed by atoms with Gasteiger partial charge in [-0.15, -0.1) is 0 Å². The summed E-state index contributed by atoms with van der Waals surface area (Å²) in [7, 11) is 1.24. The van der Waals surface area contributed by atoms with Crippen LogP contribution >= 0.6 is 7.82 Å². The lowest BCUT2D eigenvalue weighted by molar-refractivity contribution is -0.870. The first-order valence-electron chi connectivity index (χ1n) is 23.9. The molecule has 0 aliphatic heterocycles. The van der Waals surface area contributed by atoms with Crippen molar-refractivity contribution in [2.75, 3.05) is 40.9 Å². The molecule has 0 aliphatic carbocycles. The minimum atomic E-state index is -4.60.